The molecule has 262 valence electrons. The van der Waals surface area contributed by atoms with Crippen LogP contribution in [0.2, 0.25) is 0 Å². The molecule has 6 rings (SSSR count). The largest absolute Gasteiger partial charge is 0.491 e. The van der Waals surface area contributed by atoms with Crippen LogP contribution in [0.4, 0.5) is 29.3 Å². The second-order valence-electron chi connectivity index (χ2n) is 13.3. The molecule has 3 aromatic rings. The molecule has 4 N–H and O–H groups in total. The molecule has 1 aromatic carbocycles. The number of benzene rings is 1. The minimum atomic E-state index is -5.06. The van der Waals surface area contributed by atoms with E-state index in [-0.39, 0.29) is 23.3 Å². The molecule has 2 aliphatic heterocycles. The lowest BCUT2D eigenvalue weighted by Crippen LogP contribution is -2.46. The quantitative estimate of drug-likeness (QED) is 0.250. The molecule has 1 aliphatic carbocycles. The van der Waals surface area contributed by atoms with Crippen molar-refractivity contribution in [2.24, 2.45) is 5.41 Å². The van der Waals surface area contributed by atoms with E-state index >= 15 is 4.39 Å². The third kappa shape index (κ3) is 7.21. The van der Waals surface area contributed by atoms with Crippen LogP contribution in [0.3, 0.4) is 0 Å². The van der Waals surface area contributed by atoms with Crippen LogP contribution >= 0.6 is 0 Å². The van der Waals surface area contributed by atoms with Crippen molar-refractivity contribution in [3.8, 4) is 11.6 Å². The average Bonchev–Trinajstić information content (AvgIpc) is 3.67. The van der Waals surface area contributed by atoms with E-state index in [9.17, 15) is 23.1 Å². The van der Waals surface area contributed by atoms with E-state index < -0.39 is 48.0 Å². The predicted octanol–water partition coefficient (Wildman–Crippen LogP) is 5.43. The smallest absolute Gasteiger partial charge is 0.429 e. The molecule has 1 spiro atoms. The number of anilines is 2. The van der Waals surface area contributed by atoms with Crippen LogP contribution < -0.4 is 25.4 Å². The predicted molar refractivity (Wildman–Crippen MR) is 174 cm³/mol. The van der Waals surface area contributed by atoms with Gasteiger partial charge in [0.25, 0.3) is 0 Å². The molecule has 0 amide bonds. The topological polar surface area (TPSA) is 141 Å². The van der Waals surface area contributed by atoms with E-state index in [4.69, 9.17) is 15.2 Å². The van der Waals surface area contributed by atoms with Gasteiger partial charge in [-0.25, -0.2) is 9.07 Å². The van der Waals surface area contributed by atoms with Gasteiger partial charge in [0, 0.05) is 43.9 Å². The number of nitrogens with two attached hydrogens (primary N) is 1. The Bertz CT molecular complexity index is 1750. The molecule has 2 saturated heterocycles. The summed E-state index contributed by atoms with van der Waals surface area (Å²) in [5.41, 5.74) is 6.56. The van der Waals surface area contributed by atoms with Gasteiger partial charge in [0.15, 0.2) is 0 Å². The highest BCUT2D eigenvalue weighted by molar-refractivity contribution is 5.74. The lowest BCUT2D eigenvalue weighted by atomic mass is 9.76. The lowest BCUT2D eigenvalue weighted by Gasteiger charge is -2.39. The van der Waals surface area contributed by atoms with Crippen molar-refractivity contribution in [3.05, 3.63) is 71.6 Å². The fraction of sp³-hybridized carbons (Fsp3) is 0.471. The summed E-state index contributed by atoms with van der Waals surface area (Å²) in [6, 6.07) is 9.09. The summed E-state index contributed by atoms with van der Waals surface area (Å²) in [6.45, 7) is 6.91. The number of rotatable bonds is 9. The summed E-state index contributed by atoms with van der Waals surface area (Å²) >= 11 is 0. The number of carbonyl (C=O) groups is 1. The van der Waals surface area contributed by atoms with Gasteiger partial charge in [-0.3, -0.25) is 4.79 Å². The maximum absolute atomic E-state index is 17.4. The zero-order valence-electron chi connectivity index (χ0n) is 27.4. The number of halogens is 4. The van der Waals surface area contributed by atoms with Crippen molar-refractivity contribution >= 4 is 23.3 Å². The van der Waals surface area contributed by atoms with Crippen LogP contribution in [0.15, 0.2) is 60.3 Å². The number of ether oxygens (including phenoxy) is 2. The minimum Gasteiger partial charge on any atom is -0.491 e. The number of nitrogens with zero attached hydrogens (tertiary/aromatic N) is 5. The van der Waals surface area contributed by atoms with Gasteiger partial charge in [0.2, 0.25) is 23.7 Å². The SMILES string of the molecule is Cc1ccn(C2(F)CC(c3ccc(OC(C)C)cc3)=CC=C2C(Oc2cc(N3CCC4(CC3)CN[C@H](C(=O)O)C4)nc(N)n2)C(F)(F)F)n1. The molecule has 2 unspecified atom stereocenters. The van der Waals surface area contributed by atoms with Crippen LogP contribution in [0, 0.1) is 12.3 Å². The van der Waals surface area contributed by atoms with Gasteiger partial charge in [0.05, 0.1) is 11.8 Å². The maximum atomic E-state index is 17.4. The van der Waals surface area contributed by atoms with Crippen molar-refractivity contribution in [1.29, 1.82) is 0 Å². The zero-order valence-corrected chi connectivity index (χ0v) is 27.4. The second-order valence-corrected chi connectivity index (χ2v) is 13.3. The molecule has 49 heavy (non-hydrogen) atoms. The zero-order chi connectivity index (χ0) is 35.1. The first kappa shape index (κ1) is 34.2. The number of hydrogen-bond acceptors (Lipinski definition) is 9. The first-order valence-corrected chi connectivity index (χ1v) is 16.1. The third-order valence-corrected chi connectivity index (χ3v) is 9.35. The number of carboxylic acids is 1. The summed E-state index contributed by atoms with van der Waals surface area (Å²) < 4.78 is 74.2. The molecule has 2 aromatic heterocycles. The van der Waals surface area contributed by atoms with Crippen molar-refractivity contribution in [2.75, 3.05) is 30.3 Å². The average molecular weight is 686 g/mol. The molecular formula is C34H39F4N7O4. The molecule has 3 aliphatic rings. The summed E-state index contributed by atoms with van der Waals surface area (Å²) in [5.74, 6) is -3.54. The third-order valence-electron chi connectivity index (χ3n) is 9.35. The van der Waals surface area contributed by atoms with E-state index in [1.165, 1.54) is 24.4 Å². The van der Waals surface area contributed by atoms with Gasteiger partial charge in [0.1, 0.15) is 17.6 Å². The number of nitrogen functional groups attached to an aromatic ring is 1. The van der Waals surface area contributed by atoms with Gasteiger partial charge in [-0.2, -0.15) is 28.2 Å². The summed E-state index contributed by atoms with van der Waals surface area (Å²) in [7, 11) is 0. The van der Waals surface area contributed by atoms with E-state index in [1.807, 2.05) is 18.7 Å². The van der Waals surface area contributed by atoms with Gasteiger partial charge < -0.3 is 30.5 Å². The van der Waals surface area contributed by atoms with Gasteiger partial charge >= 0.3 is 12.1 Å². The summed E-state index contributed by atoms with van der Waals surface area (Å²) in [5, 5.41) is 16.6. The number of nitrogens with one attached hydrogen (secondary N) is 1. The molecule has 0 radical (unpaired) electrons. The standard InChI is InChI=1S/C34H39F4N7O4/c1-20(2)48-24-7-4-22(5-8-24)23-6-9-25(33(35,17-23)45-13-10-21(3)43-45)29(34(36,37)38)49-28-16-27(41-31(39)42-28)44-14-11-32(12-15-44)18-26(30(46)47)40-19-32/h4-10,13,16,20,26,29,40H,11-12,14-15,17-19H2,1-3H3,(H,46,47)(H2,39,41,42)/t26-,29?,33?/m0/s1. The number of aryl methyl sites for hydroxylation is 1. The van der Waals surface area contributed by atoms with Crippen molar-refractivity contribution < 1.29 is 36.9 Å². The van der Waals surface area contributed by atoms with Crippen LogP contribution in [0.25, 0.3) is 5.57 Å². The lowest BCUT2D eigenvalue weighted by molar-refractivity contribution is -0.191. The van der Waals surface area contributed by atoms with Gasteiger partial charge in [-0.05, 0) is 74.8 Å². The Morgan fingerprint density at radius 2 is 1.82 bits per heavy atom. The van der Waals surface area contributed by atoms with E-state index in [1.54, 1.807) is 31.2 Å². The number of alkyl halides is 4. The first-order valence-electron chi connectivity index (χ1n) is 16.1. The molecule has 11 nitrogen and oxygen atoms in total. The Balaban J connectivity index is 1.29. The highest BCUT2D eigenvalue weighted by Crippen LogP contribution is 2.47. The minimum absolute atomic E-state index is 0.0533. The molecule has 4 heterocycles. The monoisotopic (exact) mass is 685 g/mol. The fourth-order valence-corrected chi connectivity index (χ4v) is 6.83. The Morgan fingerprint density at radius 3 is 2.41 bits per heavy atom. The van der Waals surface area contributed by atoms with E-state index in [0.717, 1.165) is 10.8 Å². The number of allylic oxidation sites excluding steroid dienone is 3. The van der Waals surface area contributed by atoms with Crippen molar-refractivity contribution in [2.45, 2.75) is 76.7 Å². The summed E-state index contributed by atoms with van der Waals surface area (Å²) in [4.78, 5) is 21.5. The highest BCUT2D eigenvalue weighted by atomic mass is 19.4. The number of aliphatic carboxylic acids is 1. The number of aromatic nitrogens is 4. The van der Waals surface area contributed by atoms with Crippen molar-refractivity contribution in [3.63, 3.8) is 0 Å². The van der Waals surface area contributed by atoms with Gasteiger partial charge in [-0.1, -0.05) is 24.3 Å². The van der Waals surface area contributed by atoms with Crippen LogP contribution in [0.5, 0.6) is 11.6 Å². The van der Waals surface area contributed by atoms with E-state index in [2.05, 4.69) is 20.4 Å². The molecular weight excluding hydrogens is 646 g/mol. The van der Waals surface area contributed by atoms with Crippen LogP contribution in [0.1, 0.15) is 50.8 Å². The Morgan fingerprint density at radius 1 is 1.10 bits per heavy atom. The maximum Gasteiger partial charge on any atom is 0.429 e. The molecule has 0 bridgehead atoms. The Hall–Kier alpha value is -4.66. The number of hydrogen-bond donors (Lipinski definition) is 3. The second kappa shape index (κ2) is 13.0. The van der Waals surface area contributed by atoms with Gasteiger partial charge in [-0.15, -0.1) is 0 Å². The first-order chi connectivity index (χ1) is 23.1. The molecule has 0 saturated carbocycles. The normalized spacial score (nSPS) is 22.9. The Kier molecular flexibility index (Phi) is 9.07. The van der Waals surface area contributed by atoms with Crippen molar-refractivity contribution in [1.82, 2.24) is 25.1 Å². The molecule has 3 atom stereocenters. The van der Waals surface area contributed by atoms with Crippen LogP contribution in [-0.4, -0.2) is 74.9 Å². The number of carboxylic acid groups (broad SMARTS) is 1. The molecule has 2 fully saturated rings. The Labute approximate surface area is 280 Å². The van der Waals surface area contributed by atoms with E-state index in [0.29, 0.717) is 61.5 Å². The number of piperidine rings is 1. The highest BCUT2D eigenvalue weighted by Gasteiger charge is 2.54. The summed E-state index contributed by atoms with van der Waals surface area (Å²) in [6.07, 6.45) is -2.65. The van der Waals surface area contributed by atoms with Crippen LogP contribution in [-0.2, 0) is 10.6 Å². The molecule has 15 heteroatoms. The fourth-order valence-electron chi connectivity index (χ4n) is 6.83.